The molecular formula is C12H15ClN2O4S. The number of hydrogen-bond acceptors (Lipinski definition) is 4. The zero-order chi connectivity index (χ0) is 14.5. The quantitative estimate of drug-likeness (QED) is 0.764. The van der Waals surface area contributed by atoms with Gasteiger partial charge in [0.25, 0.3) is 0 Å². The number of carbonyl (C=O) groups excluding carboxylic acids is 1. The number of rotatable bonds is 5. The SMILES string of the molecule is O=C(NCCc1ccc(Cl)s1)NC1COCC1C(=O)O. The number of nitrogens with one attached hydrogen (secondary N) is 2. The summed E-state index contributed by atoms with van der Waals surface area (Å²) in [6, 6.07) is 2.87. The molecule has 110 valence electrons. The van der Waals surface area contributed by atoms with Crippen LogP contribution in [0.25, 0.3) is 0 Å². The molecule has 0 spiro atoms. The molecule has 2 amide bonds. The Morgan fingerprint density at radius 2 is 2.25 bits per heavy atom. The zero-order valence-corrected chi connectivity index (χ0v) is 12.2. The molecule has 2 unspecified atom stereocenters. The molecule has 2 rings (SSSR count). The van der Waals surface area contributed by atoms with Crippen LogP contribution in [0.2, 0.25) is 4.34 Å². The summed E-state index contributed by atoms with van der Waals surface area (Å²) in [7, 11) is 0. The van der Waals surface area contributed by atoms with Crippen molar-refractivity contribution in [2.75, 3.05) is 19.8 Å². The van der Waals surface area contributed by atoms with Gasteiger partial charge in [-0.25, -0.2) is 4.79 Å². The van der Waals surface area contributed by atoms with E-state index in [0.717, 1.165) is 9.21 Å². The van der Waals surface area contributed by atoms with E-state index in [1.54, 1.807) is 0 Å². The first kappa shape index (κ1) is 15.1. The fraction of sp³-hybridized carbons (Fsp3) is 0.500. The average Bonchev–Trinajstić information content (AvgIpc) is 2.98. The monoisotopic (exact) mass is 318 g/mol. The van der Waals surface area contributed by atoms with E-state index in [2.05, 4.69) is 10.6 Å². The Hall–Kier alpha value is -1.31. The molecule has 2 atom stereocenters. The number of thiophene rings is 1. The molecule has 0 aliphatic carbocycles. The molecule has 0 saturated carbocycles. The van der Waals surface area contributed by atoms with Gasteiger partial charge in [0.2, 0.25) is 0 Å². The molecule has 1 aromatic rings. The summed E-state index contributed by atoms with van der Waals surface area (Å²) in [5.74, 6) is -1.64. The summed E-state index contributed by atoms with van der Waals surface area (Å²) >= 11 is 7.28. The number of aliphatic carboxylic acids is 1. The summed E-state index contributed by atoms with van der Waals surface area (Å²) in [6.07, 6.45) is 0.689. The highest BCUT2D eigenvalue weighted by Gasteiger charge is 2.34. The van der Waals surface area contributed by atoms with Crippen LogP contribution in [0.4, 0.5) is 4.79 Å². The number of carboxylic acids is 1. The van der Waals surface area contributed by atoms with Crippen molar-refractivity contribution >= 4 is 34.9 Å². The molecular weight excluding hydrogens is 304 g/mol. The minimum Gasteiger partial charge on any atom is -0.481 e. The lowest BCUT2D eigenvalue weighted by Gasteiger charge is -2.16. The van der Waals surface area contributed by atoms with Crippen LogP contribution in [0.15, 0.2) is 12.1 Å². The van der Waals surface area contributed by atoms with Crippen molar-refractivity contribution in [3.63, 3.8) is 0 Å². The first-order valence-corrected chi connectivity index (χ1v) is 7.35. The van der Waals surface area contributed by atoms with Crippen molar-refractivity contribution in [3.8, 4) is 0 Å². The Bertz CT molecular complexity index is 494. The van der Waals surface area contributed by atoms with Crippen LogP contribution in [-0.2, 0) is 16.0 Å². The highest BCUT2D eigenvalue weighted by molar-refractivity contribution is 7.16. The number of amides is 2. The topological polar surface area (TPSA) is 87.7 Å². The maximum Gasteiger partial charge on any atom is 0.315 e. The van der Waals surface area contributed by atoms with E-state index in [-0.39, 0.29) is 19.2 Å². The van der Waals surface area contributed by atoms with Gasteiger partial charge in [0.05, 0.1) is 23.6 Å². The van der Waals surface area contributed by atoms with Crippen LogP contribution in [0.5, 0.6) is 0 Å². The fourth-order valence-electron chi connectivity index (χ4n) is 1.94. The number of carbonyl (C=O) groups is 2. The largest absolute Gasteiger partial charge is 0.481 e. The predicted molar refractivity (Wildman–Crippen MR) is 75.3 cm³/mol. The maximum atomic E-state index is 11.7. The highest BCUT2D eigenvalue weighted by atomic mass is 35.5. The van der Waals surface area contributed by atoms with E-state index < -0.39 is 17.9 Å². The first-order valence-electron chi connectivity index (χ1n) is 6.15. The van der Waals surface area contributed by atoms with E-state index in [4.69, 9.17) is 21.4 Å². The molecule has 1 aromatic heterocycles. The van der Waals surface area contributed by atoms with E-state index >= 15 is 0 Å². The molecule has 0 bridgehead atoms. The number of urea groups is 1. The summed E-state index contributed by atoms with van der Waals surface area (Å²) in [5.41, 5.74) is 0. The molecule has 20 heavy (non-hydrogen) atoms. The molecule has 1 fully saturated rings. The third-order valence-electron chi connectivity index (χ3n) is 3.00. The smallest absolute Gasteiger partial charge is 0.315 e. The van der Waals surface area contributed by atoms with E-state index in [1.165, 1.54) is 11.3 Å². The van der Waals surface area contributed by atoms with Gasteiger partial charge >= 0.3 is 12.0 Å². The molecule has 1 aliphatic rings. The van der Waals surface area contributed by atoms with Crippen LogP contribution in [0.1, 0.15) is 4.88 Å². The van der Waals surface area contributed by atoms with Crippen molar-refractivity contribution in [3.05, 3.63) is 21.3 Å². The van der Waals surface area contributed by atoms with Gasteiger partial charge in [-0.2, -0.15) is 0 Å². The number of hydrogen-bond donors (Lipinski definition) is 3. The molecule has 8 heteroatoms. The average molecular weight is 319 g/mol. The van der Waals surface area contributed by atoms with Gasteiger partial charge in [-0.3, -0.25) is 4.79 Å². The molecule has 6 nitrogen and oxygen atoms in total. The molecule has 3 N–H and O–H groups in total. The number of halogens is 1. The van der Waals surface area contributed by atoms with Gasteiger partial charge in [0.1, 0.15) is 5.92 Å². The zero-order valence-electron chi connectivity index (χ0n) is 10.6. The normalized spacial score (nSPS) is 21.6. The Kier molecular flexibility index (Phi) is 5.22. The van der Waals surface area contributed by atoms with Gasteiger partial charge in [-0.1, -0.05) is 11.6 Å². The van der Waals surface area contributed by atoms with Crippen molar-refractivity contribution < 1.29 is 19.4 Å². The third kappa shape index (κ3) is 4.09. The van der Waals surface area contributed by atoms with Crippen molar-refractivity contribution in [1.82, 2.24) is 10.6 Å². The number of ether oxygens (including phenoxy) is 1. The van der Waals surface area contributed by atoms with Gasteiger partial charge in [-0.05, 0) is 18.6 Å². The predicted octanol–water partition coefficient (Wildman–Crippen LogP) is 1.34. The second-order valence-electron chi connectivity index (χ2n) is 4.44. The Balaban J connectivity index is 1.71. The molecule has 1 saturated heterocycles. The third-order valence-corrected chi connectivity index (χ3v) is 4.29. The maximum absolute atomic E-state index is 11.7. The van der Waals surface area contributed by atoms with Crippen molar-refractivity contribution in [2.24, 2.45) is 5.92 Å². The van der Waals surface area contributed by atoms with E-state index in [1.807, 2.05) is 12.1 Å². The Labute approximate surface area is 125 Å². The van der Waals surface area contributed by atoms with Crippen LogP contribution in [0.3, 0.4) is 0 Å². The summed E-state index contributed by atoms with van der Waals surface area (Å²) in [4.78, 5) is 23.7. The van der Waals surface area contributed by atoms with E-state index in [0.29, 0.717) is 13.0 Å². The second kappa shape index (κ2) is 6.92. The van der Waals surface area contributed by atoms with Crippen LogP contribution < -0.4 is 10.6 Å². The van der Waals surface area contributed by atoms with Gasteiger partial charge in [0.15, 0.2) is 0 Å². The van der Waals surface area contributed by atoms with Crippen molar-refractivity contribution in [1.29, 1.82) is 0 Å². The Morgan fingerprint density at radius 1 is 1.45 bits per heavy atom. The van der Waals surface area contributed by atoms with Crippen LogP contribution in [-0.4, -0.2) is 42.9 Å². The first-order chi connectivity index (χ1) is 9.56. The Morgan fingerprint density at radius 3 is 2.90 bits per heavy atom. The van der Waals surface area contributed by atoms with Gasteiger partial charge in [0, 0.05) is 11.4 Å². The van der Waals surface area contributed by atoms with Gasteiger partial charge < -0.3 is 20.5 Å². The standard InChI is InChI=1S/C12H15ClN2O4S/c13-10-2-1-7(20-10)3-4-14-12(18)15-9-6-19-5-8(9)11(16)17/h1-2,8-9H,3-6H2,(H,16,17)(H2,14,15,18). The highest BCUT2D eigenvalue weighted by Crippen LogP contribution is 2.21. The molecule has 0 radical (unpaired) electrons. The van der Waals surface area contributed by atoms with E-state index in [9.17, 15) is 9.59 Å². The van der Waals surface area contributed by atoms with Crippen molar-refractivity contribution in [2.45, 2.75) is 12.5 Å². The molecule has 1 aliphatic heterocycles. The minimum atomic E-state index is -0.957. The van der Waals surface area contributed by atoms with Crippen LogP contribution in [0, 0.1) is 5.92 Å². The van der Waals surface area contributed by atoms with Crippen LogP contribution >= 0.6 is 22.9 Å². The summed E-state index contributed by atoms with van der Waals surface area (Å²) < 4.78 is 5.79. The molecule has 2 heterocycles. The lowest BCUT2D eigenvalue weighted by Crippen LogP contribution is -2.47. The minimum absolute atomic E-state index is 0.133. The fourth-order valence-corrected chi connectivity index (χ4v) is 3.03. The van der Waals surface area contributed by atoms with Gasteiger partial charge in [-0.15, -0.1) is 11.3 Å². The lowest BCUT2D eigenvalue weighted by molar-refractivity contribution is -0.142. The lowest BCUT2D eigenvalue weighted by atomic mass is 10.0. The number of carboxylic acid groups (broad SMARTS) is 1. The summed E-state index contributed by atoms with van der Waals surface area (Å²) in [6.45, 7) is 0.826. The summed E-state index contributed by atoms with van der Waals surface area (Å²) in [5, 5.41) is 14.3. The molecule has 0 aromatic carbocycles. The second-order valence-corrected chi connectivity index (χ2v) is 6.24.